The van der Waals surface area contributed by atoms with E-state index in [4.69, 9.17) is 4.52 Å². The zero-order valence-corrected chi connectivity index (χ0v) is 14.9. The van der Waals surface area contributed by atoms with E-state index in [0.717, 1.165) is 11.5 Å². The van der Waals surface area contributed by atoms with Gasteiger partial charge in [0.15, 0.2) is 20.3 Å². The van der Waals surface area contributed by atoms with Gasteiger partial charge in [-0.05, 0) is 24.3 Å². The van der Waals surface area contributed by atoms with Crippen molar-refractivity contribution in [1.29, 1.82) is 0 Å². The average Bonchev–Trinajstić information content (AvgIpc) is 2.61. The van der Waals surface area contributed by atoms with Crippen LogP contribution in [0.5, 0.6) is 11.5 Å². The van der Waals surface area contributed by atoms with Crippen molar-refractivity contribution >= 4 is 31.2 Å². The summed E-state index contributed by atoms with van der Waals surface area (Å²) in [4.78, 5) is 15.2. The molecule has 2 aromatic carbocycles. The van der Waals surface area contributed by atoms with Gasteiger partial charge in [0, 0.05) is 30.0 Å². The molecule has 1 atom stereocenters. The number of halogens is 3. The zero-order chi connectivity index (χ0) is 19.4. The van der Waals surface area contributed by atoms with Gasteiger partial charge in [-0.1, -0.05) is 18.2 Å². The Morgan fingerprint density at radius 1 is 1.11 bits per heavy atom. The van der Waals surface area contributed by atoms with E-state index < -0.39 is 20.4 Å². The summed E-state index contributed by atoms with van der Waals surface area (Å²) >= 11 is 0. The molecular formula is C18H14F3N2O3P. The Morgan fingerprint density at radius 2 is 1.89 bits per heavy atom. The molecule has 0 saturated heterocycles. The molecule has 1 N–H and O–H groups in total. The fraction of sp³-hybridized carbons (Fsp3) is 0.111. The smallest absolute Gasteiger partial charge is 0.451 e. The number of aldehydes is 1. The van der Waals surface area contributed by atoms with E-state index in [9.17, 15) is 18.0 Å². The molecule has 0 aliphatic heterocycles. The van der Waals surface area contributed by atoms with E-state index in [0.29, 0.717) is 23.2 Å². The van der Waals surface area contributed by atoms with Gasteiger partial charge in [0.1, 0.15) is 11.3 Å². The van der Waals surface area contributed by atoms with Gasteiger partial charge in [0.2, 0.25) is 0 Å². The molecule has 27 heavy (non-hydrogen) atoms. The lowest BCUT2D eigenvalue weighted by atomic mass is 10.2. The van der Waals surface area contributed by atoms with Crippen LogP contribution in [0, 0.1) is 0 Å². The number of nitrogens with zero attached hydrogens (tertiary/aromatic N) is 1. The molecule has 3 rings (SSSR count). The van der Waals surface area contributed by atoms with Crippen LogP contribution < -0.4 is 14.3 Å². The molecule has 1 aromatic heterocycles. The second-order valence-electron chi connectivity index (χ2n) is 5.45. The molecular weight excluding hydrogens is 380 g/mol. The van der Waals surface area contributed by atoms with Crippen LogP contribution in [0.25, 0.3) is 10.9 Å². The van der Waals surface area contributed by atoms with Gasteiger partial charge in [-0.15, -0.1) is 13.2 Å². The summed E-state index contributed by atoms with van der Waals surface area (Å²) in [7, 11) is -1.28. The number of fused-ring (bicyclic) bond motifs is 1. The number of rotatable bonds is 6. The molecule has 9 heteroatoms. The summed E-state index contributed by atoms with van der Waals surface area (Å²) < 4.78 is 47.3. The van der Waals surface area contributed by atoms with E-state index in [1.54, 1.807) is 18.9 Å². The highest BCUT2D eigenvalue weighted by Gasteiger charge is 2.32. The summed E-state index contributed by atoms with van der Waals surface area (Å²) in [6, 6.07) is 13.1. The van der Waals surface area contributed by atoms with Crippen molar-refractivity contribution in [1.82, 2.24) is 4.98 Å². The standard InChI is InChI=1S/C18H14F3N2O3P/c1-27(26-15-6-2-4-12-5-3-9-22-17(12)15)23-14-8-7-13(11-24)16(10-14)25-18(19,20)21/h2-11,23H,1H3. The van der Waals surface area contributed by atoms with Crippen molar-refractivity contribution in [2.24, 2.45) is 0 Å². The molecule has 0 saturated carbocycles. The van der Waals surface area contributed by atoms with Crippen molar-refractivity contribution < 1.29 is 27.2 Å². The second kappa shape index (κ2) is 7.80. The molecule has 0 fully saturated rings. The van der Waals surface area contributed by atoms with E-state index in [1.165, 1.54) is 12.1 Å². The maximum Gasteiger partial charge on any atom is 0.573 e. The minimum absolute atomic E-state index is 0.197. The third-order valence-corrected chi connectivity index (χ3v) is 4.53. The average molecular weight is 394 g/mol. The molecule has 1 heterocycles. The predicted octanol–water partition coefficient (Wildman–Crippen LogP) is 5.38. The van der Waals surface area contributed by atoms with Crippen LogP contribution in [-0.2, 0) is 0 Å². The molecule has 0 aliphatic carbocycles. The Labute approximate surface area is 154 Å². The number of pyridine rings is 1. The van der Waals surface area contributed by atoms with E-state index in [-0.39, 0.29) is 5.56 Å². The molecule has 0 bridgehead atoms. The summed E-state index contributed by atoms with van der Waals surface area (Å²) in [5, 5.41) is 3.90. The number of anilines is 1. The lowest BCUT2D eigenvalue weighted by Crippen LogP contribution is -2.18. The van der Waals surface area contributed by atoms with Crippen LogP contribution in [0.2, 0.25) is 0 Å². The van der Waals surface area contributed by atoms with Gasteiger partial charge in [0.25, 0.3) is 0 Å². The van der Waals surface area contributed by atoms with Crippen molar-refractivity contribution in [2.75, 3.05) is 11.8 Å². The van der Waals surface area contributed by atoms with Gasteiger partial charge >= 0.3 is 6.36 Å². The van der Waals surface area contributed by atoms with Crippen molar-refractivity contribution in [3.63, 3.8) is 0 Å². The largest absolute Gasteiger partial charge is 0.573 e. The highest BCUT2D eigenvalue weighted by molar-refractivity contribution is 7.53. The predicted molar refractivity (Wildman–Crippen MR) is 97.4 cm³/mol. The SMILES string of the molecule is CP(Nc1ccc(C=O)c(OC(F)(F)F)c1)Oc1cccc2cccnc12. The van der Waals surface area contributed by atoms with Crippen LogP contribution in [0.3, 0.4) is 0 Å². The number of para-hydroxylation sites is 1. The number of carbonyl (C=O) groups is 1. The van der Waals surface area contributed by atoms with Gasteiger partial charge in [-0.3, -0.25) is 9.78 Å². The minimum Gasteiger partial charge on any atom is -0.451 e. The normalized spacial score (nSPS) is 12.4. The van der Waals surface area contributed by atoms with Crippen molar-refractivity contribution in [3.05, 3.63) is 60.3 Å². The lowest BCUT2D eigenvalue weighted by molar-refractivity contribution is -0.274. The van der Waals surface area contributed by atoms with Crippen molar-refractivity contribution in [2.45, 2.75) is 6.36 Å². The van der Waals surface area contributed by atoms with Gasteiger partial charge in [-0.25, -0.2) is 0 Å². The summed E-state index contributed by atoms with van der Waals surface area (Å²) in [6.07, 6.45) is -2.93. The Bertz CT molecular complexity index is 961. The molecule has 0 radical (unpaired) electrons. The number of ether oxygens (including phenoxy) is 1. The number of carbonyl (C=O) groups excluding carboxylic acids is 1. The minimum atomic E-state index is -4.89. The third kappa shape index (κ3) is 4.86. The molecule has 0 aliphatic rings. The first-order valence-corrected chi connectivity index (χ1v) is 9.43. The van der Waals surface area contributed by atoms with Gasteiger partial charge in [-0.2, -0.15) is 0 Å². The first kappa shape index (κ1) is 18.9. The molecule has 1 unspecified atom stereocenters. The number of hydrogen-bond acceptors (Lipinski definition) is 5. The molecule has 0 amide bonds. The van der Waals surface area contributed by atoms with Gasteiger partial charge in [0.05, 0.1) is 5.56 Å². The number of hydrogen-bond donors (Lipinski definition) is 1. The monoisotopic (exact) mass is 394 g/mol. The fourth-order valence-corrected chi connectivity index (χ4v) is 3.41. The quantitative estimate of drug-likeness (QED) is 0.449. The van der Waals surface area contributed by atoms with E-state index in [2.05, 4.69) is 14.8 Å². The second-order valence-corrected chi connectivity index (χ2v) is 6.85. The molecule has 3 aromatic rings. The van der Waals surface area contributed by atoms with Crippen LogP contribution >= 0.6 is 8.30 Å². The summed E-state index contributed by atoms with van der Waals surface area (Å²) in [5.74, 6) is -0.0109. The zero-order valence-electron chi connectivity index (χ0n) is 14.0. The first-order chi connectivity index (χ1) is 12.9. The highest BCUT2D eigenvalue weighted by atomic mass is 31.2. The fourth-order valence-electron chi connectivity index (χ4n) is 2.42. The van der Waals surface area contributed by atoms with Crippen LogP contribution in [-0.4, -0.2) is 24.3 Å². The molecule has 5 nitrogen and oxygen atoms in total. The van der Waals surface area contributed by atoms with Gasteiger partial charge < -0.3 is 14.3 Å². The molecule has 140 valence electrons. The van der Waals surface area contributed by atoms with Crippen LogP contribution in [0.1, 0.15) is 10.4 Å². The lowest BCUT2D eigenvalue weighted by Gasteiger charge is -2.18. The Balaban J connectivity index is 1.78. The van der Waals surface area contributed by atoms with E-state index in [1.807, 2.05) is 24.3 Å². The molecule has 0 spiro atoms. The number of alkyl halides is 3. The number of benzene rings is 2. The van der Waals surface area contributed by atoms with Crippen molar-refractivity contribution in [3.8, 4) is 11.5 Å². The summed E-state index contributed by atoms with van der Waals surface area (Å²) in [6.45, 7) is 1.76. The Hall–Kier alpha value is -2.86. The Kier molecular flexibility index (Phi) is 5.46. The van der Waals surface area contributed by atoms with E-state index >= 15 is 0 Å². The first-order valence-electron chi connectivity index (χ1n) is 7.73. The van der Waals surface area contributed by atoms with Crippen LogP contribution in [0.15, 0.2) is 54.7 Å². The maximum atomic E-state index is 12.5. The van der Waals surface area contributed by atoms with Crippen LogP contribution in [0.4, 0.5) is 18.9 Å². The number of nitrogens with one attached hydrogen (secondary N) is 1. The highest BCUT2D eigenvalue weighted by Crippen LogP contribution is 2.39. The maximum absolute atomic E-state index is 12.5. The topological polar surface area (TPSA) is 60.5 Å². The third-order valence-electron chi connectivity index (χ3n) is 3.48. The summed E-state index contributed by atoms with van der Waals surface area (Å²) in [5.41, 5.74) is 0.827. The Morgan fingerprint density at radius 3 is 2.63 bits per heavy atom. The number of aromatic nitrogens is 1.